The van der Waals surface area contributed by atoms with Gasteiger partial charge in [0.25, 0.3) is 0 Å². The van der Waals surface area contributed by atoms with Crippen LogP contribution in [0.3, 0.4) is 0 Å². The maximum Gasteiger partial charge on any atom is 0.223 e. The molecule has 1 amide bonds. The van der Waals surface area contributed by atoms with E-state index >= 15 is 0 Å². The molecule has 0 rings (SSSR count). The van der Waals surface area contributed by atoms with Gasteiger partial charge in [-0.25, -0.2) is 0 Å². The van der Waals surface area contributed by atoms with Crippen LogP contribution in [0.15, 0.2) is 12.7 Å². The molecule has 0 aromatic rings. The Morgan fingerprint density at radius 3 is 2.62 bits per heavy atom. The van der Waals surface area contributed by atoms with E-state index in [1.54, 1.807) is 0 Å². The summed E-state index contributed by atoms with van der Waals surface area (Å²) in [4.78, 5) is 11.5. The number of unbranched alkanes of at least 4 members (excludes halogenated alkanes) is 1. The predicted octanol–water partition coefficient (Wildman–Crippen LogP) is 2.36. The summed E-state index contributed by atoms with van der Waals surface area (Å²) < 4.78 is 0. The highest BCUT2D eigenvalue weighted by Crippen LogP contribution is 2.11. The molecule has 0 aromatic heterocycles. The Kier molecular flexibility index (Phi) is 6.29. The molecule has 2 heteroatoms. The standard InChI is InChI=1S/C11H21NO/c1-5-7-8-12-11(13)10(4)9(3)6-2/h6,9-10H,2,5,7-8H2,1,3-4H3,(H,12,13)/t9-,10-/m0/s1. The summed E-state index contributed by atoms with van der Waals surface area (Å²) in [7, 11) is 0. The molecule has 2 atom stereocenters. The zero-order valence-electron chi connectivity index (χ0n) is 8.97. The van der Waals surface area contributed by atoms with E-state index in [9.17, 15) is 4.79 Å². The number of hydrogen-bond donors (Lipinski definition) is 1. The molecular formula is C11H21NO. The average Bonchev–Trinajstić information content (AvgIpc) is 2.15. The molecule has 2 nitrogen and oxygen atoms in total. The van der Waals surface area contributed by atoms with Crippen molar-refractivity contribution in [2.24, 2.45) is 11.8 Å². The molecule has 0 bridgehead atoms. The highest BCUT2D eigenvalue weighted by Gasteiger charge is 2.16. The molecule has 0 unspecified atom stereocenters. The quantitative estimate of drug-likeness (QED) is 0.497. The van der Waals surface area contributed by atoms with E-state index in [-0.39, 0.29) is 17.7 Å². The highest BCUT2D eigenvalue weighted by atomic mass is 16.1. The van der Waals surface area contributed by atoms with Crippen molar-refractivity contribution >= 4 is 5.91 Å². The minimum absolute atomic E-state index is 0.0364. The van der Waals surface area contributed by atoms with Gasteiger partial charge in [0.2, 0.25) is 5.91 Å². The molecule has 0 aromatic carbocycles. The maximum absolute atomic E-state index is 11.5. The smallest absolute Gasteiger partial charge is 0.223 e. The van der Waals surface area contributed by atoms with Gasteiger partial charge in [-0.2, -0.15) is 0 Å². The molecule has 0 radical (unpaired) electrons. The second kappa shape index (κ2) is 6.70. The third kappa shape index (κ3) is 4.71. The van der Waals surface area contributed by atoms with Gasteiger partial charge in [-0.1, -0.05) is 33.3 Å². The number of carbonyl (C=O) groups is 1. The molecule has 0 spiro atoms. The van der Waals surface area contributed by atoms with Crippen LogP contribution in [0, 0.1) is 11.8 Å². The average molecular weight is 183 g/mol. The van der Waals surface area contributed by atoms with Gasteiger partial charge in [0, 0.05) is 12.5 Å². The molecule has 0 saturated heterocycles. The number of carbonyl (C=O) groups excluding carboxylic acids is 1. The summed E-state index contributed by atoms with van der Waals surface area (Å²) in [6.07, 6.45) is 4.00. The lowest BCUT2D eigenvalue weighted by Crippen LogP contribution is -2.32. The van der Waals surface area contributed by atoms with Crippen LogP contribution >= 0.6 is 0 Å². The van der Waals surface area contributed by atoms with Gasteiger partial charge in [-0.3, -0.25) is 4.79 Å². The molecule has 0 aliphatic heterocycles. The Hall–Kier alpha value is -0.790. The van der Waals surface area contributed by atoms with Crippen molar-refractivity contribution in [3.05, 3.63) is 12.7 Å². The monoisotopic (exact) mass is 183 g/mol. The zero-order valence-corrected chi connectivity index (χ0v) is 8.97. The Labute approximate surface area is 81.4 Å². The topological polar surface area (TPSA) is 29.1 Å². The van der Waals surface area contributed by atoms with Crippen LogP contribution in [0.25, 0.3) is 0 Å². The molecule has 0 saturated carbocycles. The molecule has 0 fully saturated rings. The van der Waals surface area contributed by atoms with Gasteiger partial charge in [0.1, 0.15) is 0 Å². The number of rotatable bonds is 6. The van der Waals surface area contributed by atoms with Crippen LogP contribution in [0.5, 0.6) is 0 Å². The van der Waals surface area contributed by atoms with E-state index in [0.29, 0.717) is 0 Å². The van der Waals surface area contributed by atoms with Crippen LogP contribution in [0.2, 0.25) is 0 Å². The Balaban J connectivity index is 3.75. The summed E-state index contributed by atoms with van der Waals surface area (Å²) in [5, 5.41) is 2.91. The fourth-order valence-electron chi connectivity index (χ4n) is 0.992. The van der Waals surface area contributed by atoms with Gasteiger partial charge >= 0.3 is 0 Å². The summed E-state index contributed by atoms with van der Waals surface area (Å²) in [6, 6.07) is 0. The summed E-state index contributed by atoms with van der Waals surface area (Å²) in [6.45, 7) is 10.5. The molecule has 0 aliphatic carbocycles. The van der Waals surface area contributed by atoms with Crippen molar-refractivity contribution in [3.63, 3.8) is 0 Å². The van der Waals surface area contributed by atoms with E-state index in [1.807, 2.05) is 19.9 Å². The van der Waals surface area contributed by atoms with E-state index in [4.69, 9.17) is 0 Å². The Morgan fingerprint density at radius 1 is 1.54 bits per heavy atom. The normalized spacial score (nSPS) is 14.7. The fraction of sp³-hybridized carbons (Fsp3) is 0.727. The first kappa shape index (κ1) is 12.2. The maximum atomic E-state index is 11.5. The van der Waals surface area contributed by atoms with Crippen LogP contribution in [0.4, 0.5) is 0 Å². The lowest BCUT2D eigenvalue weighted by Gasteiger charge is -2.15. The van der Waals surface area contributed by atoms with Gasteiger partial charge in [0.05, 0.1) is 0 Å². The Bertz CT molecular complexity index is 165. The van der Waals surface area contributed by atoms with Crippen LogP contribution in [0.1, 0.15) is 33.6 Å². The molecule has 0 heterocycles. The van der Waals surface area contributed by atoms with Crippen molar-refractivity contribution in [2.75, 3.05) is 6.54 Å². The summed E-state index contributed by atoms with van der Waals surface area (Å²) in [5.41, 5.74) is 0. The molecule has 1 N–H and O–H groups in total. The van der Waals surface area contributed by atoms with E-state index in [2.05, 4.69) is 18.8 Å². The predicted molar refractivity (Wildman–Crippen MR) is 56.4 cm³/mol. The van der Waals surface area contributed by atoms with E-state index in [1.165, 1.54) is 0 Å². The number of allylic oxidation sites excluding steroid dienone is 1. The van der Waals surface area contributed by atoms with E-state index in [0.717, 1.165) is 19.4 Å². The first-order chi connectivity index (χ1) is 6.13. The first-order valence-corrected chi connectivity index (χ1v) is 5.03. The second-order valence-corrected chi connectivity index (χ2v) is 3.53. The summed E-state index contributed by atoms with van der Waals surface area (Å²) >= 11 is 0. The van der Waals surface area contributed by atoms with Crippen molar-refractivity contribution in [1.29, 1.82) is 0 Å². The van der Waals surface area contributed by atoms with Gasteiger partial charge in [0.15, 0.2) is 0 Å². The zero-order chi connectivity index (χ0) is 10.3. The van der Waals surface area contributed by atoms with Crippen LogP contribution in [-0.4, -0.2) is 12.5 Å². The minimum atomic E-state index is 0.0364. The van der Waals surface area contributed by atoms with Crippen molar-refractivity contribution < 1.29 is 4.79 Å². The van der Waals surface area contributed by atoms with Crippen molar-refractivity contribution in [3.8, 4) is 0 Å². The van der Waals surface area contributed by atoms with E-state index < -0.39 is 0 Å². The number of hydrogen-bond acceptors (Lipinski definition) is 1. The van der Waals surface area contributed by atoms with Crippen molar-refractivity contribution in [1.82, 2.24) is 5.32 Å². The van der Waals surface area contributed by atoms with Crippen molar-refractivity contribution in [2.45, 2.75) is 33.6 Å². The minimum Gasteiger partial charge on any atom is -0.356 e. The Morgan fingerprint density at radius 2 is 2.15 bits per heavy atom. The number of amides is 1. The number of nitrogens with one attached hydrogen (secondary N) is 1. The lowest BCUT2D eigenvalue weighted by atomic mass is 9.95. The van der Waals surface area contributed by atoms with Crippen LogP contribution in [-0.2, 0) is 4.79 Å². The van der Waals surface area contributed by atoms with Crippen LogP contribution < -0.4 is 5.32 Å². The fourth-order valence-corrected chi connectivity index (χ4v) is 0.992. The molecule has 0 aliphatic rings. The largest absolute Gasteiger partial charge is 0.356 e. The molecule has 13 heavy (non-hydrogen) atoms. The first-order valence-electron chi connectivity index (χ1n) is 5.03. The van der Waals surface area contributed by atoms with Gasteiger partial charge in [-0.05, 0) is 12.3 Å². The molecular weight excluding hydrogens is 162 g/mol. The van der Waals surface area contributed by atoms with Gasteiger partial charge in [-0.15, -0.1) is 6.58 Å². The third-order valence-corrected chi connectivity index (χ3v) is 2.40. The lowest BCUT2D eigenvalue weighted by molar-refractivity contribution is -0.125. The summed E-state index contributed by atoms with van der Waals surface area (Å²) in [5.74, 6) is 0.428. The third-order valence-electron chi connectivity index (χ3n) is 2.40. The molecule has 76 valence electrons. The highest BCUT2D eigenvalue weighted by molar-refractivity contribution is 5.78. The van der Waals surface area contributed by atoms with Gasteiger partial charge < -0.3 is 5.32 Å². The second-order valence-electron chi connectivity index (χ2n) is 3.53. The SMILES string of the molecule is C=C[C@H](C)[C@H](C)C(=O)NCCCC.